The minimum Gasteiger partial charge on any atom is -0.494 e. The van der Waals surface area contributed by atoms with Crippen LogP contribution in [0.2, 0.25) is 0 Å². The number of carboxylic acid groups (broad SMARTS) is 1. The SMILES string of the molecule is CCOc1ccc(SCC(=O)NC(C)(C)CC(=O)O)cc1. The van der Waals surface area contributed by atoms with Gasteiger partial charge in [-0.25, -0.2) is 0 Å². The molecule has 2 N–H and O–H groups in total. The summed E-state index contributed by atoms with van der Waals surface area (Å²) < 4.78 is 5.35. The number of carbonyl (C=O) groups is 2. The molecule has 0 aliphatic heterocycles. The van der Waals surface area contributed by atoms with Crippen LogP contribution in [-0.4, -0.2) is 34.9 Å². The van der Waals surface area contributed by atoms with Gasteiger partial charge in [-0.05, 0) is 45.0 Å². The zero-order chi connectivity index (χ0) is 15.9. The molecule has 0 fully saturated rings. The Hall–Kier alpha value is -1.69. The number of rotatable bonds is 8. The summed E-state index contributed by atoms with van der Waals surface area (Å²) in [5, 5.41) is 11.5. The predicted octanol–water partition coefficient (Wildman–Crippen LogP) is 2.55. The number of aliphatic carboxylic acids is 1. The number of hydrogen-bond acceptors (Lipinski definition) is 4. The van der Waals surface area contributed by atoms with Gasteiger partial charge in [0.1, 0.15) is 5.75 Å². The number of carboxylic acids is 1. The molecule has 0 atom stereocenters. The van der Waals surface area contributed by atoms with Crippen LogP contribution in [0.5, 0.6) is 5.75 Å². The van der Waals surface area contributed by atoms with E-state index in [0.29, 0.717) is 6.61 Å². The van der Waals surface area contributed by atoms with Gasteiger partial charge < -0.3 is 15.2 Å². The molecule has 1 aromatic carbocycles. The van der Waals surface area contributed by atoms with Crippen LogP contribution in [0.3, 0.4) is 0 Å². The number of amides is 1. The van der Waals surface area contributed by atoms with Gasteiger partial charge in [-0.15, -0.1) is 11.8 Å². The molecule has 1 rings (SSSR count). The fourth-order valence-electron chi connectivity index (χ4n) is 1.78. The summed E-state index contributed by atoms with van der Waals surface area (Å²) in [5.41, 5.74) is -0.748. The molecular formula is C15H21NO4S. The van der Waals surface area contributed by atoms with Crippen molar-refractivity contribution in [2.24, 2.45) is 0 Å². The van der Waals surface area contributed by atoms with Crippen molar-refractivity contribution in [3.05, 3.63) is 24.3 Å². The average Bonchev–Trinajstić information content (AvgIpc) is 2.36. The Morgan fingerprint density at radius 2 is 1.90 bits per heavy atom. The lowest BCUT2D eigenvalue weighted by Crippen LogP contribution is -2.45. The fourth-order valence-corrected chi connectivity index (χ4v) is 2.48. The molecule has 21 heavy (non-hydrogen) atoms. The molecule has 0 saturated carbocycles. The van der Waals surface area contributed by atoms with Crippen LogP contribution >= 0.6 is 11.8 Å². The largest absolute Gasteiger partial charge is 0.494 e. The van der Waals surface area contributed by atoms with Crippen LogP contribution in [0, 0.1) is 0 Å². The Morgan fingerprint density at radius 3 is 2.43 bits per heavy atom. The highest BCUT2D eigenvalue weighted by atomic mass is 32.2. The molecule has 1 amide bonds. The third-order valence-corrected chi connectivity index (χ3v) is 3.59. The van der Waals surface area contributed by atoms with Crippen molar-refractivity contribution in [3.63, 3.8) is 0 Å². The minimum absolute atomic E-state index is 0.105. The molecule has 0 aliphatic rings. The molecule has 0 unspecified atom stereocenters. The van der Waals surface area contributed by atoms with Gasteiger partial charge in [0, 0.05) is 10.4 Å². The Bertz CT molecular complexity index is 485. The van der Waals surface area contributed by atoms with Gasteiger partial charge in [0.25, 0.3) is 0 Å². The number of hydrogen-bond donors (Lipinski definition) is 2. The van der Waals surface area contributed by atoms with Crippen LogP contribution in [0.25, 0.3) is 0 Å². The van der Waals surface area contributed by atoms with Crippen LogP contribution in [0.1, 0.15) is 27.2 Å². The van der Waals surface area contributed by atoms with E-state index in [1.165, 1.54) is 11.8 Å². The van der Waals surface area contributed by atoms with E-state index in [4.69, 9.17) is 9.84 Å². The summed E-state index contributed by atoms with van der Waals surface area (Å²) in [7, 11) is 0. The summed E-state index contributed by atoms with van der Waals surface area (Å²) in [4.78, 5) is 23.5. The van der Waals surface area contributed by atoms with Crippen molar-refractivity contribution in [1.29, 1.82) is 0 Å². The van der Waals surface area contributed by atoms with E-state index in [-0.39, 0.29) is 18.1 Å². The zero-order valence-electron chi connectivity index (χ0n) is 12.5. The molecule has 0 heterocycles. The molecule has 116 valence electrons. The summed E-state index contributed by atoms with van der Waals surface area (Å²) in [6.07, 6.45) is -0.105. The van der Waals surface area contributed by atoms with Crippen molar-refractivity contribution < 1.29 is 19.4 Å². The van der Waals surface area contributed by atoms with Crippen molar-refractivity contribution in [1.82, 2.24) is 5.32 Å². The van der Waals surface area contributed by atoms with Gasteiger partial charge in [0.2, 0.25) is 5.91 Å². The molecule has 0 saturated heterocycles. The summed E-state index contributed by atoms with van der Waals surface area (Å²) in [6.45, 7) is 5.93. The van der Waals surface area contributed by atoms with E-state index in [0.717, 1.165) is 10.6 Å². The minimum atomic E-state index is -0.931. The fraction of sp³-hybridized carbons (Fsp3) is 0.467. The van der Waals surface area contributed by atoms with Gasteiger partial charge in [-0.1, -0.05) is 0 Å². The number of thioether (sulfide) groups is 1. The molecule has 0 bridgehead atoms. The zero-order valence-corrected chi connectivity index (χ0v) is 13.3. The van der Waals surface area contributed by atoms with E-state index >= 15 is 0 Å². The highest BCUT2D eigenvalue weighted by molar-refractivity contribution is 8.00. The maximum atomic E-state index is 11.8. The van der Waals surface area contributed by atoms with Crippen LogP contribution in [-0.2, 0) is 9.59 Å². The van der Waals surface area contributed by atoms with Crippen LogP contribution < -0.4 is 10.1 Å². The van der Waals surface area contributed by atoms with E-state index in [9.17, 15) is 9.59 Å². The van der Waals surface area contributed by atoms with Crippen molar-refractivity contribution in [2.45, 2.75) is 37.6 Å². The van der Waals surface area contributed by atoms with Crippen molar-refractivity contribution >= 4 is 23.6 Å². The lowest BCUT2D eigenvalue weighted by molar-refractivity contribution is -0.138. The second-order valence-electron chi connectivity index (χ2n) is 5.20. The van der Waals surface area contributed by atoms with Gasteiger partial charge in [0.15, 0.2) is 0 Å². The van der Waals surface area contributed by atoms with Crippen LogP contribution in [0.15, 0.2) is 29.2 Å². The normalized spacial score (nSPS) is 11.0. The average molecular weight is 311 g/mol. The maximum Gasteiger partial charge on any atom is 0.305 e. The number of carbonyl (C=O) groups excluding carboxylic acids is 1. The number of ether oxygens (including phenoxy) is 1. The van der Waals surface area contributed by atoms with E-state index in [2.05, 4.69) is 5.32 Å². The van der Waals surface area contributed by atoms with Crippen molar-refractivity contribution in [3.8, 4) is 5.75 Å². The smallest absolute Gasteiger partial charge is 0.305 e. The van der Waals surface area contributed by atoms with Gasteiger partial charge in [-0.2, -0.15) is 0 Å². The molecule has 6 heteroatoms. The number of benzene rings is 1. The summed E-state index contributed by atoms with van der Waals surface area (Å²) in [5.74, 6) is -0.0645. The molecule has 0 aliphatic carbocycles. The Morgan fingerprint density at radius 1 is 1.29 bits per heavy atom. The maximum absolute atomic E-state index is 11.8. The standard InChI is InChI=1S/C15H21NO4S/c1-4-20-11-5-7-12(8-6-11)21-10-13(17)16-15(2,3)9-14(18)19/h5-8H,4,9-10H2,1-3H3,(H,16,17)(H,18,19). The van der Waals surface area contributed by atoms with E-state index < -0.39 is 11.5 Å². The lowest BCUT2D eigenvalue weighted by Gasteiger charge is -2.24. The molecule has 1 aromatic rings. The van der Waals surface area contributed by atoms with Gasteiger partial charge in [0.05, 0.1) is 18.8 Å². The van der Waals surface area contributed by atoms with Gasteiger partial charge in [-0.3, -0.25) is 9.59 Å². The summed E-state index contributed by atoms with van der Waals surface area (Å²) in [6, 6.07) is 7.51. The first-order valence-corrected chi connectivity index (χ1v) is 7.69. The lowest BCUT2D eigenvalue weighted by atomic mass is 10.0. The highest BCUT2D eigenvalue weighted by Crippen LogP contribution is 2.21. The second-order valence-corrected chi connectivity index (χ2v) is 6.24. The Kier molecular flexibility index (Phi) is 6.55. The number of nitrogens with one attached hydrogen (secondary N) is 1. The second kappa shape index (κ2) is 7.93. The Labute approximate surface area is 129 Å². The molecule has 0 spiro atoms. The Balaban J connectivity index is 2.43. The highest BCUT2D eigenvalue weighted by Gasteiger charge is 2.23. The molecular weight excluding hydrogens is 290 g/mol. The molecule has 0 radical (unpaired) electrons. The predicted molar refractivity (Wildman–Crippen MR) is 82.8 cm³/mol. The first kappa shape index (κ1) is 17.4. The van der Waals surface area contributed by atoms with E-state index in [1.807, 2.05) is 31.2 Å². The first-order valence-electron chi connectivity index (χ1n) is 6.71. The topological polar surface area (TPSA) is 75.6 Å². The molecule has 5 nitrogen and oxygen atoms in total. The molecule has 0 aromatic heterocycles. The third-order valence-electron chi connectivity index (χ3n) is 2.58. The van der Waals surface area contributed by atoms with Crippen LogP contribution in [0.4, 0.5) is 0 Å². The first-order chi connectivity index (χ1) is 9.82. The third kappa shape index (κ3) is 7.04. The van der Waals surface area contributed by atoms with Crippen molar-refractivity contribution in [2.75, 3.05) is 12.4 Å². The van der Waals surface area contributed by atoms with Gasteiger partial charge >= 0.3 is 5.97 Å². The summed E-state index contributed by atoms with van der Waals surface area (Å²) >= 11 is 1.40. The quantitative estimate of drug-likeness (QED) is 0.722. The van der Waals surface area contributed by atoms with E-state index in [1.54, 1.807) is 13.8 Å². The monoisotopic (exact) mass is 311 g/mol.